The molecular formula is C10H16N2O5. The zero-order valence-electron chi connectivity index (χ0n) is 9.55. The smallest absolute Gasteiger partial charge is 0.326 e. The van der Waals surface area contributed by atoms with Gasteiger partial charge >= 0.3 is 18.0 Å². The summed E-state index contributed by atoms with van der Waals surface area (Å²) >= 11 is 0. The van der Waals surface area contributed by atoms with Crippen LogP contribution in [0.1, 0.15) is 25.7 Å². The number of hydrogen-bond acceptors (Lipinski definition) is 3. The second-order valence-electron chi connectivity index (χ2n) is 4.13. The summed E-state index contributed by atoms with van der Waals surface area (Å²) in [7, 11) is 1.58. The number of carbonyl (C=O) groups is 3. The summed E-state index contributed by atoms with van der Waals surface area (Å²) in [5, 5.41) is 19.5. The van der Waals surface area contributed by atoms with Gasteiger partial charge < -0.3 is 20.4 Å². The highest BCUT2D eigenvalue weighted by Gasteiger charge is 2.29. The molecule has 7 nitrogen and oxygen atoms in total. The summed E-state index contributed by atoms with van der Waals surface area (Å²) in [6.07, 6.45) is 2.24. The van der Waals surface area contributed by atoms with Gasteiger partial charge in [-0.05, 0) is 19.3 Å². The molecule has 0 aliphatic heterocycles. The molecule has 0 spiro atoms. The van der Waals surface area contributed by atoms with Crippen molar-refractivity contribution in [3.05, 3.63) is 0 Å². The molecular weight excluding hydrogens is 228 g/mol. The lowest BCUT2D eigenvalue weighted by molar-refractivity contribution is -0.145. The van der Waals surface area contributed by atoms with Gasteiger partial charge in [0.15, 0.2) is 0 Å². The number of carboxylic acid groups (broad SMARTS) is 2. The molecule has 0 saturated heterocycles. The van der Waals surface area contributed by atoms with Crippen LogP contribution in [0.4, 0.5) is 4.79 Å². The maximum Gasteiger partial charge on any atom is 0.326 e. The van der Waals surface area contributed by atoms with E-state index < -0.39 is 30.4 Å². The SMILES string of the molecule is CN(C(=O)N[C@@H](CC(=O)O)C(=O)O)C1CCC1. The summed E-state index contributed by atoms with van der Waals surface area (Å²) in [5.41, 5.74) is 0. The second-order valence-corrected chi connectivity index (χ2v) is 4.13. The molecule has 0 aromatic carbocycles. The molecule has 1 aliphatic rings. The van der Waals surface area contributed by atoms with E-state index in [-0.39, 0.29) is 6.04 Å². The first-order chi connectivity index (χ1) is 7.91. The number of carboxylic acids is 2. The van der Waals surface area contributed by atoms with Crippen molar-refractivity contribution < 1.29 is 24.6 Å². The quantitative estimate of drug-likeness (QED) is 0.636. The van der Waals surface area contributed by atoms with Gasteiger partial charge in [-0.2, -0.15) is 0 Å². The van der Waals surface area contributed by atoms with E-state index in [1.165, 1.54) is 4.90 Å². The summed E-state index contributed by atoms with van der Waals surface area (Å²) in [6, 6.07) is -1.79. The van der Waals surface area contributed by atoms with Gasteiger partial charge in [-0.3, -0.25) is 4.79 Å². The van der Waals surface area contributed by atoms with Crippen LogP contribution in [0, 0.1) is 0 Å². The first-order valence-corrected chi connectivity index (χ1v) is 5.39. The molecule has 0 unspecified atom stereocenters. The Bertz CT molecular complexity index is 327. The standard InChI is InChI=1S/C10H16N2O5/c1-12(6-3-2-4-6)10(17)11-7(9(15)16)5-8(13)14/h6-7H,2-5H2,1H3,(H,11,17)(H,13,14)(H,15,16)/t7-/m0/s1. The molecule has 0 aromatic rings. The Balaban J connectivity index is 2.50. The normalized spacial score (nSPS) is 16.8. The summed E-state index contributed by atoms with van der Waals surface area (Å²) in [5.74, 6) is -2.60. The fourth-order valence-electron chi connectivity index (χ4n) is 1.57. The minimum absolute atomic E-state index is 0.134. The van der Waals surface area contributed by atoms with Crippen molar-refractivity contribution in [1.29, 1.82) is 0 Å². The molecule has 1 aliphatic carbocycles. The van der Waals surface area contributed by atoms with E-state index in [4.69, 9.17) is 10.2 Å². The van der Waals surface area contributed by atoms with Crippen molar-refractivity contribution in [1.82, 2.24) is 10.2 Å². The predicted octanol–water partition coefficient (Wildman–Crippen LogP) is 0.108. The number of nitrogens with one attached hydrogen (secondary N) is 1. The number of carbonyl (C=O) groups excluding carboxylic acids is 1. The topological polar surface area (TPSA) is 107 Å². The average Bonchev–Trinajstić information content (AvgIpc) is 2.12. The van der Waals surface area contributed by atoms with Gasteiger partial charge in [-0.1, -0.05) is 0 Å². The van der Waals surface area contributed by atoms with E-state index in [0.717, 1.165) is 19.3 Å². The summed E-state index contributed by atoms with van der Waals surface area (Å²) < 4.78 is 0. The Hall–Kier alpha value is -1.79. The highest BCUT2D eigenvalue weighted by molar-refractivity contribution is 5.86. The average molecular weight is 244 g/mol. The Kier molecular flexibility index (Phi) is 4.30. The number of urea groups is 1. The summed E-state index contributed by atoms with van der Waals surface area (Å²) in [4.78, 5) is 34.3. The first kappa shape index (κ1) is 13.3. The lowest BCUT2D eigenvalue weighted by Crippen LogP contribution is -2.51. The molecule has 0 bridgehead atoms. The molecule has 96 valence electrons. The lowest BCUT2D eigenvalue weighted by Gasteiger charge is -2.35. The summed E-state index contributed by atoms with van der Waals surface area (Å²) in [6.45, 7) is 0. The molecule has 0 heterocycles. The van der Waals surface area contributed by atoms with E-state index in [9.17, 15) is 14.4 Å². The molecule has 7 heteroatoms. The van der Waals surface area contributed by atoms with Gasteiger partial charge in [0.1, 0.15) is 6.04 Å². The molecule has 3 N–H and O–H groups in total. The Morgan fingerprint density at radius 1 is 1.35 bits per heavy atom. The van der Waals surface area contributed by atoms with Crippen LogP contribution >= 0.6 is 0 Å². The number of aliphatic carboxylic acids is 2. The predicted molar refractivity (Wildman–Crippen MR) is 57.6 cm³/mol. The van der Waals surface area contributed by atoms with Crippen molar-refractivity contribution in [2.45, 2.75) is 37.8 Å². The third-order valence-electron chi connectivity index (χ3n) is 2.92. The maximum absolute atomic E-state index is 11.6. The van der Waals surface area contributed by atoms with E-state index in [2.05, 4.69) is 5.32 Å². The van der Waals surface area contributed by atoms with Crippen LogP contribution < -0.4 is 5.32 Å². The first-order valence-electron chi connectivity index (χ1n) is 5.39. The minimum atomic E-state index is -1.39. The van der Waals surface area contributed by atoms with Gasteiger partial charge in [-0.25, -0.2) is 9.59 Å². The van der Waals surface area contributed by atoms with Crippen LogP contribution in [0.2, 0.25) is 0 Å². The van der Waals surface area contributed by atoms with Crippen molar-refractivity contribution in [3.63, 3.8) is 0 Å². The highest BCUT2D eigenvalue weighted by Crippen LogP contribution is 2.23. The zero-order valence-corrected chi connectivity index (χ0v) is 9.55. The molecule has 1 atom stereocenters. The van der Waals surface area contributed by atoms with E-state index in [1.54, 1.807) is 7.05 Å². The molecule has 0 aromatic heterocycles. The van der Waals surface area contributed by atoms with Crippen molar-refractivity contribution in [2.75, 3.05) is 7.05 Å². The highest BCUT2D eigenvalue weighted by atomic mass is 16.4. The lowest BCUT2D eigenvalue weighted by atomic mass is 9.92. The Morgan fingerprint density at radius 2 is 1.94 bits per heavy atom. The van der Waals surface area contributed by atoms with Crippen LogP contribution in [0.25, 0.3) is 0 Å². The number of hydrogen-bond donors (Lipinski definition) is 3. The number of rotatable bonds is 5. The fourth-order valence-corrected chi connectivity index (χ4v) is 1.57. The van der Waals surface area contributed by atoms with Crippen LogP contribution in [0.3, 0.4) is 0 Å². The molecule has 1 saturated carbocycles. The van der Waals surface area contributed by atoms with Gasteiger partial charge in [0.2, 0.25) is 0 Å². The maximum atomic E-state index is 11.6. The monoisotopic (exact) mass is 244 g/mol. The minimum Gasteiger partial charge on any atom is -0.481 e. The Morgan fingerprint density at radius 3 is 2.29 bits per heavy atom. The van der Waals surface area contributed by atoms with E-state index in [1.807, 2.05) is 0 Å². The Labute approximate surface area is 98.4 Å². The van der Waals surface area contributed by atoms with Crippen molar-refractivity contribution in [3.8, 4) is 0 Å². The molecule has 1 rings (SSSR count). The van der Waals surface area contributed by atoms with Gasteiger partial charge in [0, 0.05) is 13.1 Å². The van der Waals surface area contributed by atoms with Crippen LogP contribution in [-0.2, 0) is 9.59 Å². The molecule has 1 fully saturated rings. The zero-order chi connectivity index (χ0) is 13.0. The van der Waals surface area contributed by atoms with Gasteiger partial charge in [0.05, 0.1) is 6.42 Å². The van der Waals surface area contributed by atoms with Crippen LogP contribution in [0.5, 0.6) is 0 Å². The number of nitrogens with zero attached hydrogens (tertiary/aromatic N) is 1. The van der Waals surface area contributed by atoms with Crippen LogP contribution in [0.15, 0.2) is 0 Å². The molecule has 0 radical (unpaired) electrons. The van der Waals surface area contributed by atoms with E-state index >= 15 is 0 Å². The molecule has 17 heavy (non-hydrogen) atoms. The number of amides is 2. The third-order valence-corrected chi connectivity index (χ3v) is 2.92. The molecule has 2 amide bonds. The second kappa shape index (κ2) is 5.51. The fraction of sp³-hybridized carbons (Fsp3) is 0.700. The van der Waals surface area contributed by atoms with Crippen molar-refractivity contribution >= 4 is 18.0 Å². The largest absolute Gasteiger partial charge is 0.481 e. The van der Waals surface area contributed by atoms with Crippen molar-refractivity contribution in [2.24, 2.45) is 0 Å². The third kappa shape index (κ3) is 3.61. The van der Waals surface area contributed by atoms with Crippen LogP contribution in [-0.4, -0.2) is 52.2 Å². The van der Waals surface area contributed by atoms with Gasteiger partial charge in [0.25, 0.3) is 0 Å². The van der Waals surface area contributed by atoms with E-state index in [0.29, 0.717) is 0 Å². The van der Waals surface area contributed by atoms with Gasteiger partial charge in [-0.15, -0.1) is 0 Å².